The number of hydrogen-bond donors (Lipinski definition) is 2. The molecule has 2 N–H and O–H groups in total. The number of methoxy groups -OCH3 is 1. The Balaban J connectivity index is 1.59. The van der Waals surface area contributed by atoms with E-state index in [4.69, 9.17) is 4.74 Å². The molecule has 5 nitrogen and oxygen atoms in total. The van der Waals surface area contributed by atoms with Crippen molar-refractivity contribution in [3.05, 3.63) is 0 Å². The fourth-order valence-corrected chi connectivity index (χ4v) is 8.49. The van der Waals surface area contributed by atoms with Gasteiger partial charge in [-0.1, -0.05) is 20.8 Å². The maximum absolute atomic E-state index is 13.4. The molecule has 0 radical (unpaired) electrons. The molecule has 30 heavy (non-hydrogen) atoms. The second-order valence-electron chi connectivity index (χ2n) is 11.4. The minimum Gasteiger partial charge on any atom is -0.469 e. The van der Waals surface area contributed by atoms with Crippen molar-refractivity contribution in [2.24, 2.45) is 46.3 Å². The summed E-state index contributed by atoms with van der Waals surface area (Å²) in [4.78, 5) is 25.1. The first-order valence-corrected chi connectivity index (χ1v) is 12.1. The average molecular weight is 421 g/mol. The van der Waals surface area contributed by atoms with Crippen molar-refractivity contribution >= 4 is 11.8 Å². The van der Waals surface area contributed by atoms with Crippen LogP contribution in [0.5, 0.6) is 0 Å². The smallest absolute Gasteiger partial charge is 0.305 e. The number of rotatable bonds is 4. The van der Waals surface area contributed by atoms with E-state index in [9.17, 15) is 19.8 Å². The second kappa shape index (κ2) is 7.88. The third kappa shape index (κ3) is 3.26. The van der Waals surface area contributed by atoms with Gasteiger partial charge in [-0.05, 0) is 80.0 Å². The van der Waals surface area contributed by atoms with Crippen molar-refractivity contribution in [2.75, 3.05) is 7.11 Å². The molecule has 0 aromatic heterocycles. The number of carbonyl (C=O) groups is 2. The Hall–Kier alpha value is -0.940. The summed E-state index contributed by atoms with van der Waals surface area (Å²) in [5.74, 6) is 1.61. The zero-order valence-electron chi connectivity index (χ0n) is 19.1. The number of esters is 1. The Morgan fingerprint density at radius 2 is 1.90 bits per heavy atom. The van der Waals surface area contributed by atoms with Crippen LogP contribution in [0.4, 0.5) is 0 Å². The zero-order valence-corrected chi connectivity index (χ0v) is 19.1. The Kier molecular flexibility index (Phi) is 5.85. The second-order valence-corrected chi connectivity index (χ2v) is 11.4. The molecule has 0 saturated heterocycles. The Labute approximate surface area is 180 Å². The standard InChI is InChI=1S/C25H40O5/c1-14(5-8-22(29)30-4)17-6-7-18-23-19(13-21(28)25(17,18)3)24(2)10-9-16(26)11-15(24)12-20(23)27/h14-19,21,23,26,28H,5-13H2,1-4H3/t14-,15-,16+,17-,18+,19-,21-,23-,24-,25+/m0/s1. The first kappa shape index (κ1) is 22.3. The van der Waals surface area contributed by atoms with E-state index < -0.39 is 6.10 Å². The molecular formula is C25H40O5. The predicted molar refractivity (Wildman–Crippen MR) is 113 cm³/mol. The highest BCUT2D eigenvalue weighted by molar-refractivity contribution is 5.83. The molecule has 0 heterocycles. The van der Waals surface area contributed by atoms with E-state index in [2.05, 4.69) is 20.8 Å². The predicted octanol–water partition coefficient (Wildman–Crippen LogP) is 3.75. The summed E-state index contributed by atoms with van der Waals surface area (Å²) >= 11 is 0. The highest BCUT2D eigenvalue weighted by atomic mass is 16.5. The number of ether oxygens (including phenoxy) is 1. The number of Topliss-reactive ketones (excluding diaryl/α,β-unsaturated/α-hetero) is 1. The summed E-state index contributed by atoms with van der Waals surface area (Å²) in [6, 6.07) is 0. The van der Waals surface area contributed by atoms with Crippen LogP contribution in [0.2, 0.25) is 0 Å². The van der Waals surface area contributed by atoms with E-state index in [1.165, 1.54) is 7.11 Å². The van der Waals surface area contributed by atoms with E-state index in [1.54, 1.807) is 0 Å². The molecular weight excluding hydrogens is 380 g/mol. The fraction of sp³-hybridized carbons (Fsp3) is 0.920. The molecule has 4 aliphatic carbocycles. The number of aliphatic hydroxyl groups is 2. The molecule has 0 aliphatic heterocycles. The van der Waals surface area contributed by atoms with Crippen LogP contribution in [0.3, 0.4) is 0 Å². The van der Waals surface area contributed by atoms with Gasteiger partial charge >= 0.3 is 5.97 Å². The fourth-order valence-electron chi connectivity index (χ4n) is 8.49. The molecule has 0 aromatic rings. The van der Waals surface area contributed by atoms with Crippen molar-refractivity contribution in [2.45, 2.75) is 90.8 Å². The van der Waals surface area contributed by atoms with Crippen LogP contribution in [-0.2, 0) is 14.3 Å². The maximum Gasteiger partial charge on any atom is 0.305 e. The number of hydrogen-bond acceptors (Lipinski definition) is 5. The lowest BCUT2D eigenvalue weighted by Crippen LogP contribution is -2.61. The van der Waals surface area contributed by atoms with Crippen molar-refractivity contribution < 1.29 is 24.5 Å². The summed E-state index contributed by atoms with van der Waals surface area (Å²) in [5.41, 5.74) is -0.210. The molecule has 0 aromatic carbocycles. The van der Waals surface area contributed by atoms with Gasteiger partial charge in [0.15, 0.2) is 0 Å². The van der Waals surface area contributed by atoms with E-state index in [1.807, 2.05) is 0 Å². The Bertz CT molecular complexity index is 691. The van der Waals surface area contributed by atoms with Crippen molar-refractivity contribution in [3.8, 4) is 0 Å². The highest BCUT2D eigenvalue weighted by Gasteiger charge is 2.65. The number of fused-ring (bicyclic) bond motifs is 5. The zero-order chi connectivity index (χ0) is 21.8. The van der Waals surface area contributed by atoms with Crippen molar-refractivity contribution in [1.29, 1.82) is 0 Å². The molecule has 0 unspecified atom stereocenters. The summed E-state index contributed by atoms with van der Waals surface area (Å²) in [6.07, 6.45) is 6.32. The molecule has 4 rings (SSSR count). The quantitative estimate of drug-likeness (QED) is 0.677. The van der Waals surface area contributed by atoms with Gasteiger partial charge in [-0.15, -0.1) is 0 Å². The molecule has 170 valence electrons. The molecule has 4 aliphatic rings. The molecule has 4 fully saturated rings. The first-order valence-electron chi connectivity index (χ1n) is 12.1. The van der Waals surface area contributed by atoms with E-state index >= 15 is 0 Å². The molecule has 10 atom stereocenters. The molecule has 0 amide bonds. The van der Waals surface area contributed by atoms with Crippen LogP contribution >= 0.6 is 0 Å². The van der Waals surface area contributed by atoms with Gasteiger partial charge in [-0.25, -0.2) is 0 Å². The maximum atomic E-state index is 13.4. The highest BCUT2D eigenvalue weighted by Crippen LogP contribution is 2.67. The first-order chi connectivity index (χ1) is 14.1. The summed E-state index contributed by atoms with van der Waals surface area (Å²) in [7, 11) is 1.43. The number of carbonyl (C=O) groups excluding carboxylic acids is 2. The van der Waals surface area contributed by atoms with Gasteiger partial charge in [0.1, 0.15) is 5.78 Å². The Morgan fingerprint density at radius 3 is 2.60 bits per heavy atom. The third-order valence-corrected chi connectivity index (χ3v) is 10.3. The summed E-state index contributed by atoms with van der Waals surface area (Å²) in [5, 5.41) is 21.7. The van der Waals surface area contributed by atoms with Crippen molar-refractivity contribution in [3.63, 3.8) is 0 Å². The molecule has 5 heteroatoms. The minimum absolute atomic E-state index is 0.0488. The van der Waals surface area contributed by atoms with Crippen LogP contribution in [0.1, 0.15) is 78.6 Å². The van der Waals surface area contributed by atoms with Gasteiger partial charge in [0.05, 0.1) is 19.3 Å². The van der Waals surface area contributed by atoms with Crippen LogP contribution in [0.25, 0.3) is 0 Å². The lowest BCUT2D eigenvalue weighted by molar-refractivity contribution is -0.182. The van der Waals surface area contributed by atoms with Gasteiger partial charge in [0.2, 0.25) is 0 Å². The van der Waals surface area contributed by atoms with E-state index in [-0.39, 0.29) is 46.6 Å². The van der Waals surface area contributed by atoms with E-state index in [0.29, 0.717) is 36.9 Å². The van der Waals surface area contributed by atoms with Gasteiger partial charge in [0, 0.05) is 24.2 Å². The monoisotopic (exact) mass is 420 g/mol. The number of ketones is 1. The van der Waals surface area contributed by atoms with E-state index in [0.717, 1.165) is 38.5 Å². The molecule has 4 saturated carbocycles. The van der Waals surface area contributed by atoms with Crippen LogP contribution in [0.15, 0.2) is 0 Å². The SMILES string of the molecule is COC(=O)CC[C@H](C)[C@@H]1CC[C@@H]2[C@@H]3C(=O)C[C@@H]4C[C@H](O)CC[C@]4(C)[C@H]3C[C@H](O)[C@@]21C. The summed E-state index contributed by atoms with van der Waals surface area (Å²) in [6.45, 7) is 6.74. The normalized spacial score (nSPS) is 49.0. The van der Waals surface area contributed by atoms with Crippen LogP contribution in [0, 0.1) is 46.3 Å². The largest absolute Gasteiger partial charge is 0.469 e. The minimum atomic E-state index is -0.410. The van der Waals surface area contributed by atoms with Gasteiger partial charge < -0.3 is 14.9 Å². The number of aliphatic hydroxyl groups excluding tert-OH is 2. The lowest BCUT2D eigenvalue weighted by atomic mass is 9.43. The van der Waals surface area contributed by atoms with Gasteiger partial charge in [-0.2, -0.15) is 0 Å². The Morgan fingerprint density at radius 1 is 1.17 bits per heavy atom. The molecule has 0 bridgehead atoms. The van der Waals surface area contributed by atoms with Gasteiger partial charge in [-0.3, -0.25) is 9.59 Å². The van der Waals surface area contributed by atoms with Crippen LogP contribution in [-0.4, -0.2) is 41.3 Å². The lowest BCUT2D eigenvalue weighted by Gasteiger charge is -2.61. The summed E-state index contributed by atoms with van der Waals surface area (Å²) < 4.78 is 4.82. The average Bonchev–Trinajstić information content (AvgIpc) is 3.06. The topological polar surface area (TPSA) is 83.8 Å². The van der Waals surface area contributed by atoms with Crippen molar-refractivity contribution in [1.82, 2.24) is 0 Å². The third-order valence-electron chi connectivity index (χ3n) is 10.3. The van der Waals surface area contributed by atoms with Gasteiger partial charge in [0.25, 0.3) is 0 Å². The molecule has 0 spiro atoms. The van der Waals surface area contributed by atoms with Crippen LogP contribution < -0.4 is 0 Å².